The predicted molar refractivity (Wildman–Crippen MR) is 240 cm³/mol. The molecule has 8 atom stereocenters. The minimum atomic E-state index is -2.38. The van der Waals surface area contributed by atoms with Crippen LogP contribution in [0.5, 0.6) is 5.75 Å². The van der Waals surface area contributed by atoms with Crippen LogP contribution in [0.2, 0.25) is 54.4 Å². The fourth-order valence-corrected chi connectivity index (χ4v) is 17.0. The van der Waals surface area contributed by atoms with Gasteiger partial charge in [-0.25, -0.2) is 4.79 Å². The summed E-state index contributed by atoms with van der Waals surface area (Å²) < 4.78 is 66.3. The fourth-order valence-electron chi connectivity index (χ4n) is 8.43. The summed E-state index contributed by atoms with van der Waals surface area (Å²) in [4.78, 5) is 27.1. The first-order chi connectivity index (χ1) is 28.9. The fraction of sp³-hybridized carbons (Fsp3) is 0.689. The minimum absolute atomic E-state index is 0.0447. The lowest BCUT2D eigenvalue weighted by molar-refractivity contribution is -0.326. The van der Waals surface area contributed by atoms with Gasteiger partial charge >= 0.3 is 11.9 Å². The van der Waals surface area contributed by atoms with Crippen LogP contribution in [0, 0.1) is 0 Å². The van der Waals surface area contributed by atoms with E-state index in [4.69, 9.17) is 46.4 Å². The van der Waals surface area contributed by atoms with Crippen LogP contribution in [0.4, 0.5) is 0 Å². The van der Waals surface area contributed by atoms with Crippen molar-refractivity contribution < 1.29 is 56.0 Å². The van der Waals surface area contributed by atoms with Crippen molar-refractivity contribution in [1.29, 1.82) is 0 Å². The van der Waals surface area contributed by atoms with E-state index in [1.54, 1.807) is 31.4 Å². The van der Waals surface area contributed by atoms with Crippen molar-refractivity contribution in [1.82, 2.24) is 0 Å². The molecule has 15 heteroatoms. The zero-order valence-electron chi connectivity index (χ0n) is 38.2. The van der Waals surface area contributed by atoms with E-state index < -0.39 is 86.1 Å². The maximum atomic E-state index is 14.2. The number of ether oxygens (including phenoxy) is 7. The molecule has 0 radical (unpaired) electrons. The molecular formula is C45H74O12Si3. The van der Waals surface area contributed by atoms with E-state index in [1.165, 1.54) is 6.92 Å². The first-order valence-electron chi connectivity index (χ1n) is 22.5. The van der Waals surface area contributed by atoms with E-state index in [-0.39, 0.29) is 19.8 Å². The van der Waals surface area contributed by atoms with Crippen LogP contribution >= 0.6 is 0 Å². The molecule has 0 aliphatic carbocycles. The Kier molecular flexibility index (Phi) is 19.9. The highest BCUT2D eigenvalue weighted by molar-refractivity contribution is 6.74. The molecule has 2 aliphatic heterocycles. The van der Waals surface area contributed by atoms with Crippen molar-refractivity contribution in [2.75, 3.05) is 20.3 Å². The van der Waals surface area contributed by atoms with Gasteiger partial charge < -0.3 is 46.4 Å². The van der Waals surface area contributed by atoms with Gasteiger partial charge in [0.2, 0.25) is 0 Å². The van der Waals surface area contributed by atoms with Crippen molar-refractivity contribution in [3.05, 3.63) is 65.7 Å². The number of methoxy groups -OCH3 is 1. The Hall–Kier alpha value is -2.45. The summed E-state index contributed by atoms with van der Waals surface area (Å²) in [5.41, 5.74) is 1.30. The van der Waals surface area contributed by atoms with Crippen molar-refractivity contribution in [2.24, 2.45) is 0 Å². The zero-order chi connectivity index (χ0) is 43.9. The summed E-state index contributed by atoms with van der Waals surface area (Å²) >= 11 is 0. The van der Waals surface area contributed by atoms with Crippen LogP contribution in [0.25, 0.3) is 0 Å². The number of esters is 2. The molecule has 338 valence electrons. The third-order valence-corrected chi connectivity index (χ3v) is 27.1. The molecule has 0 unspecified atom stereocenters. The highest BCUT2D eigenvalue weighted by Gasteiger charge is 2.54. The van der Waals surface area contributed by atoms with Crippen LogP contribution in [0.1, 0.15) is 85.2 Å². The number of carbonyl (C=O) groups excluding carboxylic acids is 2. The molecule has 2 fully saturated rings. The average molecular weight is 891 g/mol. The Morgan fingerprint density at radius 1 is 0.583 bits per heavy atom. The maximum absolute atomic E-state index is 14.2. The van der Waals surface area contributed by atoms with Crippen LogP contribution in [0.15, 0.2) is 54.6 Å². The van der Waals surface area contributed by atoms with Crippen molar-refractivity contribution >= 4 is 36.9 Å². The van der Waals surface area contributed by atoms with Crippen LogP contribution in [0.3, 0.4) is 0 Å². The molecule has 0 aromatic heterocycles. The maximum Gasteiger partial charge on any atom is 0.338 e. The smallest absolute Gasteiger partial charge is 0.338 e. The van der Waals surface area contributed by atoms with Gasteiger partial charge in [-0.1, -0.05) is 92.6 Å². The Labute approximate surface area is 362 Å². The quantitative estimate of drug-likeness (QED) is 0.0736. The molecule has 2 aromatic rings. The van der Waals surface area contributed by atoms with Gasteiger partial charge in [0.15, 0.2) is 49.7 Å². The number of benzene rings is 2. The molecule has 2 heterocycles. The SMILES string of the molecule is CC[Si](CC)(CC)O[C@@H]1[C@@H](OC(C)=O)[C@@H](OCc2ccccc2)OC[C@@H]1O[C@@H]1OC[C@@H](O[Si](CC)(CC)CC)[C@H](O[Si](CC)(CC)CC)[C@H]1OC(=O)c1ccc(OC)cc1. The number of rotatable bonds is 24. The molecule has 0 amide bonds. The van der Waals surface area contributed by atoms with E-state index in [0.717, 1.165) is 60.0 Å². The molecular weight excluding hydrogens is 817 g/mol. The van der Waals surface area contributed by atoms with Crippen LogP contribution in [-0.2, 0) is 53.1 Å². The van der Waals surface area contributed by atoms with Crippen molar-refractivity contribution in [3.8, 4) is 5.75 Å². The lowest BCUT2D eigenvalue weighted by Crippen LogP contribution is -2.65. The van der Waals surface area contributed by atoms with Crippen molar-refractivity contribution in [3.63, 3.8) is 0 Å². The van der Waals surface area contributed by atoms with Gasteiger partial charge in [0.25, 0.3) is 0 Å². The molecule has 0 N–H and O–H groups in total. The van der Waals surface area contributed by atoms with Gasteiger partial charge in [-0.15, -0.1) is 0 Å². The molecule has 0 saturated carbocycles. The standard InChI is InChI=1S/C45H74O12Si3/c1-12-58(13-2,14-3)55-38-32-51-45(42(40(38)57-60(18-7,19-8)20-9)54-43(47)35-26-28-36(48-11)29-27-35)53-37-31-50-44(49-30-34-24-22-21-23-25-34)41(52-33(10)46)39(37)56-59(15-4,16-5)17-6/h21-29,37-42,44-45H,12-20,30-32H2,1-11H3/t37-,38+,39-,40-,41+,42+,44-,45-/m0/s1. The van der Waals surface area contributed by atoms with E-state index >= 15 is 0 Å². The zero-order valence-corrected chi connectivity index (χ0v) is 41.2. The normalized spacial score (nSPS) is 25.1. The van der Waals surface area contributed by atoms with Gasteiger partial charge in [-0.3, -0.25) is 4.79 Å². The highest BCUT2D eigenvalue weighted by Crippen LogP contribution is 2.38. The minimum Gasteiger partial charge on any atom is -0.497 e. The molecule has 2 aromatic carbocycles. The first-order valence-corrected chi connectivity index (χ1v) is 30.1. The largest absolute Gasteiger partial charge is 0.497 e. The summed E-state index contributed by atoms with van der Waals surface area (Å²) in [7, 11) is -5.37. The topological polar surface area (TPSA) is 126 Å². The molecule has 2 saturated heterocycles. The lowest BCUT2D eigenvalue weighted by atomic mass is 10.0. The van der Waals surface area contributed by atoms with Gasteiger partial charge in [0.05, 0.1) is 38.6 Å². The molecule has 4 rings (SSSR count). The number of hydrogen-bond donors (Lipinski definition) is 0. The number of carbonyl (C=O) groups is 2. The third-order valence-electron chi connectivity index (χ3n) is 13.2. The third kappa shape index (κ3) is 12.6. The second-order valence-corrected chi connectivity index (χ2v) is 30.3. The molecule has 0 spiro atoms. The van der Waals surface area contributed by atoms with Crippen LogP contribution < -0.4 is 4.74 Å². The van der Waals surface area contributed by atoms with Crippen molar-refractivity contribution in [2.45, 2.75) is 179 Å². The summed E-state index contributed by atoms with van der Waals surface area (Å²) in [6.45, 7) is 21.4. The molecule has 12 nitrogen and oxygen atoms in total. The highest BCUT2D eigenvalue weighted by atomic mass is 28.4. The first kappa shape index (κ1) is 50.2. The summed E-state index contributed by atoms with van der Waals surface area (Å²) in [6.07, 6.45) is -6.77. The second-order valence-electron chi connectivity index (χ2n) is 16.1. The van der Waals surface area contributed by atoms with E-state index in [0.29, 0.717) is 11.3 Å². The Morgan fingerprint density at radius 2 is 1.05 bits per heavy atom. The second kappa shape index (κ2) is 23.8. The Morgan fingerprint density at radius 3 is 1.55 bits per heavy atom. The van der Waals surface area contributed by atoms with Gasteiger partial charge in [0.1, 0.15) is 24.1 Å². The van der Waals surface area contributed by atoms with E-state index in [9.17, 15) is 9.59 Å². The molecule has 60 heavy (non-hydrogen) atoms. The summed E-state index contributed by atoms with van der Waals surface area (Å²) in [5, 5.41) is 0. The van der Waals surface area contributed by atoms with Crippen LogP contribution in [-0.4, -0.2) is 106 Å². The van der Waals surface area contributed by atoms with E-state index in [2.05, 4.69) is 62.3 Å². The molecule has 2 aliphatic rings. The summed E-state index contributed by atoms with van der Waals surface area (Å²) in [5.74, 6) is -0.423. The van der Waals surface area contributed by atoms with Gasteiger partial charge in [-0.2, -0.15) is 0 Å². The van der Waals surface area contributed by atoms with Gasteiger partial charge in [0, 0.05) is 6.92 Å². The monoisotopic (exact) mass is 890 g/mol. The summed E-state index contributed by atoms with van der Waals surface area (Å²) in [6, 6.07) is 24.6. The average Bonchev–Trinajstić information content (AvgIpc) is 3.28. The lowest BCUT2D eigenvalue weighted by Gasteiger charge is -2.50. The Bertz CT molecular complexity index is 1550. The molecule has 0 bridgehead atoms. The predicted octanol–water partition coefficient (Wildman–Crippen LogP) is 9.64. The van der Waals surface area contributed by atoms with Gasteiger partial charge in [-0.05, 0) is 84.2 Å². The van der Waals surface area contributed by atoms with E-state index in [1.807, 2.05) is 30.3 Å². The Balaban J connectivity index is 1.81. The number of hydrogen-bond acceptors (Lipinski definition) is 12.